The first-order valence-electron chi connectivity index (χ1n) is 7.80. The summed E-state index contributed by atoms with van der Waals surface area (Å²) in [6.45, 7) is 4.83. The van der Waals surface area contributed by atoms with Crippen LogP contribution in [0.5, 0.6) is 0 Å². The Morgan fingerprint density at radius 3 is 2.73 bits per heavy atom. The number of nitrogens with zero attached hydrogens (tertiary/aromatic N) is 2. The molecule has 1 aromatic rings. The molecule has 1 saturated heterocycles. The molecule has 0 radical (unpaired) electrons. The van der Waals surface area contributed by atoms with Crippen molar-refractivity contribution in [3.8, 4) is 6.07 Å². The number of likely N-dealkylation sites (tertiary alicyclic amines) is 1. The molecule has 0 aromatic heterocycles. The molecular weight excluding hydrogens is 276 g/mol. The van der Waals surface area contributed by atoms with Crippen LogP contribution in [0.3, 0.4) is 0 Å². The first-order valence-corrected chi connectivity index (χ1v) is 7.80. The van der Waals surface area contributed by atoms with Gasteiger partial charge in [0.2, 0.25) is 0 Å². The molecule has 4 heteroatoms. The Kier molecular flexibility index (Phi) is 6.17. The highest BCUT2D eigenvalue weighted by Crippen LogP contribution is 2.22. The molecule has 22 heavy (non-hydrogen) atoms. The Balaban J connectivity index is 2.02. The van der Waals surface area contributed by atoms with Gasteiger partial charge in [-0.15, -0.1) is 0 Å². The van der Waals surface area contributed by atoms with Gasteiger partial charge in [-0.05, 0) is 43.9 Å². The summed E-state index contributed by atoms with van der Waals surface area (Å²) in [5.74, 6) is -0.475. The van der Waals surface area contributed by atoms with Crippen LogP contribution in [0.2, 0.25) is 0 Å². The summed E-state index contributed by atoms with van der Waals surface area (Å²) < 4.78 is 4.98. The number of ether oxygens (including phenoxy) is 1. The largest absolute Gasteiger partial charge is 0.462 e. The highest BCUT2D eigenvalue weighted by atomic mass is 16.5. The van der Waals surface area contributed by atoms with Crippen LogP contribution in [0.1, 0.15) is 31.7 Å². The molecule has 4 nitrogen and oxygen atoms in total. The molecular formula is C18H22N2O2. The highest BCUT2D eigenvalue weighted by Gasteiger charge is 2.20. The van der Waals surface area contributed by atoms with Gasteiger partial charge in [0.05, 0.1) is 6.61 Å². The average Bonchev–Trinajstić information content (AvgIpc) is 2.75. The van der Waals surface area contributed by atoms with Crippen molar-refractivity contribution in [2.45, 2.75) is 32.7 Å². The van der Waals surface area contributed by atoms with Gasteiger partial charge in [0.15, 0.2) is 0 Å². The molecule has 0 atom stereocenters. The van der Waals surface area contributed by atoms with E-state index in [0.29, 0.717) is 6.61 Å². The predicted octanol–water partition coefficient (Wildman–Crippen LogP) is 3.06. The van der Waals surface area contributed by atoms with E-state index in [0.717, 1.165) is 44.5 Å². The van der Waals surface area contributed by atoms with Crippen LogP contribution >= 0.6 is 0 Å². The summed E-state index contributed by atoms with van der Waals surface area (Å²) in [7, 11) is 0. The second-order valence-corrected chi connectivity index (χ2v) is 5.43. The molecule has 0 saturated carbocycles. The maximum absolute atomic E-state index is 11.8. The van der Waals surface area contributed by atoms with E-state index >= 15 is 0 Å². The van der Waals surface area contributed by atoms with Gasteiger partial charge < -0.3 is 4.74 Å². The maximum Gasteiger partial charge on any atom is 0.348 e. The number of hydrogen-bond donors (Lipinski definition) is 0. The van der Waals surface area contributed by atoms with Gasteiger partial charge in [-0.3, -0.25) is 4.90 Å². The number of carbonyl (C=O) groups is 1. The van der Waals surface area contributed by atoms with E-state index in [1.807, 2.05) is 24.3 Å². The molecule has 1 fully saturated rings. The molecule has 1 heterocycles. The second kappa shape index (κ2) is 8.35. The van der Waals surface area contributed by atoms with Gasteiger partial charge in [0.1, 0.15) is 11.6 Å². The SMILES string of the molecule is CCOC(=O)/C(C#N)=C1/CCCN(Cc2ccccc2)CC1. The molecule has 1 aliphatic heterocycles. The topological polar surface area (TPSA) is 53.3 Å². The Hall–Kier alpha value is -2.12. The third-order valence-electron chi connectivity index (χ3n) is 3.88. The van der Waals surface area contributed by atoms with Gasteiger partial charge >= 0.3 is 5.97 Å². The fourth-order valence-corrected chi connectivity index (χ4v) is 2.77. The van der Waals surface area contributed by atoms with E-state index in [1.165, 1.54) is 5.56 Å². The smallest absolute Gasteiger partial charge is 0.348 e. The quantitative estimate of drug-likeness (QED) is 0.487. The van der Waals surface area contributed by atoms with Gasteiger partial charge in [-0.25, -0.2) is 4.79 Å². The molecule has 1 aliphatic rings. The Bertz CT molecular complexity index is 572. The number of esters is 1. The Morgan fingerprint density at radius 2 is 2.05 bits per heavy atom. The summed E-state index contributed by atoms with van der Waals surface area (Å²) in [6.07, 6.45) is 2.52. The zero-order valence-corrected chi connectivity index (χ0v) is 13.0. The fraction of sp³-hybridized carbons (Fsp3) is 0.444. The molecule has 0 unspecified atom stereocenters. The van der Waals surface area contributed by atoms with E-state index < -0.39 is 5.97 Å². The monoisotopic (exact) mass is 298 g/mol. The molecule has 116 valence electrons. The van der Waals surface area contributed by atoms with Crippen molar-refractivity contribution in [3.63, 3.8) is 0 Å². The third kappa shape index (κ3) is 4.44. The molecule has 0 bridgehead atoms. The Morgan fingerprint density at radius 1 is 1.27 bits per heavy atom. The molecule has 2 rings (SSSR count). The standard InChI is InChI=1S/C18H22N2O2/c1-2-22-18(21)17(13-19)16-9-6-11-20(12-10-16)14-15-7-4-3-5-8-15/h3-5,7-8H,2,6,9-12,14H2,1H3/b17-16-. The van der Waals surface area contributed by atoms with Crippen molar-refractivity contribution < 1.29 is 9.53 Å². The lowest BCUT2D eigenvalue weighted by Crippen LogP contribution is -2.24. The summed E-state index contributed by atoms with van der Waals surface area (Å²) >= 11 is 0. The lowest BCUT2D eigenvalue weighted by Gasteiger charge is -2.19. The number of rotatable bonds is 4. The van der Waals surface area contributed by atoms with E-state index in [-0.39, 0.29) is 5.57 Å². The Labute approximate surface area is 132 Å². The lowest BCUT2D eigenvalue weighted by atomic mass is 10.0. The minimum absolute atomic E-state index is 0.211. The molecule has 0 N–H and O–H groups in total. The zero-order chi connectivity index (χ0) is 15.8. The molecule has 0 spiro atoms. The van der Waals surface area contributed by atoms with Crippen LogP contribution in [0.4, 0.5) is 0 Å². The van der Waals surface area contributed by atoms with E-state index in [1.54, 1.807) is 6.92 Å². The summed E-state index contributed by atoms with van der Waals surface area (Å²) in [5.41, 5.74) is 2.45. The number of hydrogen-bond acceptors (Lipinski definition) is 4. The van der Waals surface area contributed by atoms with E-state index in [2.05, 4.69) is 17.0 Å². The van der Waals surface area contributed by atoms with Crippen LogP contribution in [-0.4, -0.2) is 30.6 Å². The van der Waals surface area contributed by atoms with Crippen molar-refractivity contribution in [1.29, 1.82) is 5.26 Å². The number of carbonyl (C=O) groups excluding carboxylic acids is 1. The molecule has 1 aromatic carbocycles. The van der Waals surface area contributed by atoms with Gasteiger partial charge in [0.25, 0.3) is 0 Å². The van der Waals surface area contributed by atoms with Crippen molar-refractivity contribution in [2.24, 2.45) is 0 Å². The van der Waals surface area contributed by atoms with Gasteiger partial charge in [-0.2, -0.15) is 5.26 Å². The van der Waals surface area contributed by atoms with Crippen LogP contribution in [0.15, 0.2) is 41.5 Å². The van der Waals surface area contributed by atoms with Crippen molar-refractivity contribution >= 4 is 5.97 Å². The second-order valence-electron chi connectivity index (χ2n) is 5.43. The zero-order valence-electron chi connectivity index (χ0n) is 13.0. The van der Waals surface area contributed by atoms with Gasteiger partial charge in [-0.1, -0.05) is 30.3 Å². The minimum atomic E-state index is -0.475. The average molecular weight is 298 g/mol. The number of nitriles is 1. The van der Waals surface area contributed by atoms with Gasteiger partial charge in [0, 0.05) is 13.1 Å². The van der Waals surface area contributed by atoms with Crippen molar-refractivity contribution in [3.05, 3.63) is 47.0 Å². The molecule has 0 amide bonds. The first-order chi connectivity index (χ1) is 10.7. The summed E-state index contributed by atoms with van der Waals surface area (Å²) in [5, 5.41) is 9.25. The van der Waals surface area contributed by atoms with Crippen LogP contribution in [0, 0.1) is 11.3 Å². The first kappa shape index (κ1) is 16.3. The van der Waals surface area contributed by atoms with Crippen LogP contribution in [0.25, 0.3) is 0 Å². The number of benzene rings is 1. The highest BCUT2D eigenvalue weighted by molar-refractivity contribution is 5.93. The third-order valence-corrected chi connectivity index (χ3v) is 3.88. The van der Waals surface area contributed by atoms with Crippen molar-refractivity contribution in [1.82, 2.24) is 4.90 Å². The predicted molar refractivity (Wildman–Crippen MR) is 84.8 cm³/mol. The van der Waals surface area contributed by atoms with Crippen molar-refractivity contribution in [2.75, 3.05) is 19.7 Å². The van der Waals surface area contributed by atoms with Crippen LogP contribution in [-0.2, 0) is 16.1 Å². The lowest BCUT2D eigenvalue weighted by molar-refractivity contribution is -0.138. The van der Waals surface area contributed by atoms with E-state index in [9.17, 15) is 10.1 Å². The summed E-state index contributed by atoms with van der Waals surface area (Å²) in [6, 6.07) is 12.4. The van der Waals surface area contributed by atoms with E-state index in [4.69, 9.17) is 4.74 Å². The maximum atomic E-state index is 11.8. The normalized spacial score (nSPS) is 18.2. The van der Waals surface area contributed by atoms with Crippen LogP contribution < -0.4 is 0 Å². The fourth-order valence-electron chi connectivity index (χ4n) is 2.77. The summed E-state index contributed by atoms with van der Waals surface area (Å²) in [4.78, 5) is 14.2. The molecule has 0 aliphatic carbocycles. The minimum Gasteiger partial charge on any atom is -0.462 e.